The van der Waals surface area contributed by atoms with Crippen molar-refractivity contribution in [1.82, 2.24) is 4.57 Å². The summed E-state index contributed by atoms with van der Waals surface area (Å²) in [7, 11) is 1.96. The summed E-state index contributed by atoms with van der Waals surface area (Å²) >= 11 is 3.36. The molecule has 2 aromatic rings. The number of carbonyl (C=O) groups excluding carboxylic acids is 1. The van der Waals surface area contributed by atoms with Crippen LogP contribution < -0.4 is 22.3 Å². The number of benzene rings is 1. The Bertz CT molecular complexity index is 566. The third-order valence-corrected chi connectivity index (χ3v) is 3.37. The van der Waals surface area contributed by atoms with Crippen LogP contribution in [0.4, 0.5) is 5.69 Å². The van der Waals surface area contributed by atoms with Crippen molar-refractivity contribution in [3.63, 3.8) is 0 Å². The summed E-state index contributed by atoms with van der Waals surface area (Å²) in [5.41, 5.74) is 0.803. The van der Waals surface area contributed by atoms with Gasteiger partial charge in [0, 0.05) is 17.1 Å². The van der Waals surface area contributed by atoms with Crippen LogP contribution in [-0.2, 0) is 18.4 Å². The number of aryl methyl sites for hydroxylation is 1. The molecule has 0 aliphatic carbocycles. The zero-order valence-corrected chi connectivity index (χ0v) is 13.1. The first-order valence-electron chi connectivity index (χ1n) is 5.63. The van der Waals surface area contributed by atoms with Gasteiger partial charge in [0.05, 0.1) is 7.05 Å². The van der Waals surface area contributed by atoms with Gasteiger partial charge in [0.2, 0.25) is 0 Å². The molecular weight excluding hydrogens is 330 g/mol. The van der Waals surface area contributed by atoms with E-state index in [1.165, 1.54) is 0 Å². The van der Waals surface area contributed by atoms with Crippen LogP contribution in [-0.4, -0.2) is 10.5 Å². The molecule has 0 fully saturated rings. The van der Waals surface area contributed by atoms with Gasteiger partial charge < -0.3 is 17.7 Å². The quantitative estimate of drug-likeness (QED) is 0.715. The molecule has 4 nitrogen and oxygen atoms in total. The topological polar surface area (TPSA) is 37.9 Å². The van der Waals surface area contributed by atoms with E-state index < -0.39 is 0 Å². The lowest BCUT2D eigenvalue weighted by Gasteiger charge is -2.04. The molecule has 1 heterocycles. The molecule has 0 saturated heterocycles. The third kappa shape index (κ3) is 4.08. The Balaban J connectivity index is 0.00000180. The van der Waals surface area contributed by atoms with Crippen LogP contribution >= 0.6 is 15.9 Å². The highest BCUT2D eigenvalue weighted by molar-refractivity contribution is 9.10. The molecule has 2 rings (SSSR count). The minimum absolute atomic E-state index is 0. The van der Waals surface area contributed by atoms with E-state index in [4.69, 9.17) is 0 Å². The summed E-state index contributed by atoms with van der Waals surface area (Å²) in [6, 6.07) is 7.53. The minimum Gasteiger partial charge on any atom is -1.00 e. The highest BCUT2D eigenvalue weighted by Gasteiger charge is 2.12. The summed E-state index contributed by atoms with van der Waals surface area (Å²) in [4.78, 5) is 11.9. The largest absolute Gasteiger partial charge is 1.00 e. The minimum atomic E-state index is -0.0309. The highest BCUT2D eigenvalue weighted by Crippen LogP contribution is 2.14. The number of rotatable bonds is 3. The molecule has 6 heteroatoms. The lowest BCUT2D eigenvalue weighted by molar-refractivity contribution is -0.677. The Kier molecular flexibility index (Phi) is 5.57. The zero-order valence-electron chi connectivity index (χ0n) is 10.7. The van der Waals surface area contributed by atoms with Gasteiger partial charge in [-0.25, -0.2) is 9.13 Å². The Morgan fingerprint density at radius 3 is 2.53 bits per heavy atom. The second kappa shape index (κ2) is 6.73. The van der Waals surface area contributed by atoms with Gasteiger partial charge in [-0.2, -0.15) is 0 Å². The number of carbonyl (C=O) groups is 1. The molecule has 0 unspecified atom stereocenters. The summed E-state index contributed by atoms with van der Waals surface area (Å²) in [5, 5.41) is 2.86. The molecule has 0 aliphatic rings. The van der Waals surface area contributed by atoms with Gasteiger partial charge in [-0.05, 0) is 24.3 Å². The van der Waals surface area contributed by atoms with Crippen molar-refractivity contribution in [2.24, 2.45) is 7.05 Å². The summed E-state index contributed by atoms with van der Waals surface area (Å²) in [5.74, 6) is 1.01. The first-order chi connectivity index (χ1) is 8.56. The SMILES string of the molecule is Cc1n(CC(=O)Nc2ccc(Br)cc2)cc[n+]1C.[Cl-]. The summed E-state index contributed by atoms with van der Waals surface area (Å²) in [6.07, 6.45) is 3.83. The van der Waals surface area contributed by atoms with Crippen LogP contribution in [0.3, 0.4) is 0 Å². The van der Waals surface area contributed by atoms with Crippen LogP contribution in [0.15, 0.2) is 41.1 Å². The van der Waals surface area contributed by atoms with Crippen LogP contribution in [0.1, 0.15) is 5.82 Å². The summed E-state index contributed by atoms with van der Waals surface area (Å²) in [6.45, 7) is 2.30. The number of aromatic nitrogens is 2. The average molecular weight is 345 g/mol. The monoisotopic (exact) mass is 343 g/mol. The second-order valence-corrected chi connectivity index (χ2v) is 5.05. The smallest absolute Gasteiger partial charge is 0.266 e. The molecule has 0 bridgehead atoms. The first kappa shape index (κ1) is 15.7. The van der Waals surface area contributed by atoms with Crippen molar-refractivity contribution in [1.29, 1.82) is 0 Å². The lowest BCUT2D eigenvalue weighted by atomic mass is 10.3. The maximum Gasteiger partial charge on any atom is 0.266 e. The molecule has 0 spiro atoms. The fourth-order valence-electron chi connectivity index (χ4n) is 1.65. The Hall–Kier alpha value is -1.33. The highest BCUT2D eigenvalue weighted by atomic mass is 79.9. The predicted octanol–water partition coefficient (Wildman–Crippen LogP) is -0.974. The van der Waals surface area contributed by atoms with Gasteiger partial charge in [-0.15, -0.1) is 0 Å². The van der Waals surface area contributed by atoms with Gasteiger partial charge in [-0.1, -0.05) is 15.9 Å². The molecular formula is C13H15BrClN3O. The number of nitrogens with zero attached hydrogens (tertiary/aromatic N) is 2. The standard InChI is InChI=1S/C13H14BrN3O.ClH/c1-10-16(2)7-8-17(10)9-13(18)15-12-5-3-11(14)4-6-12;/h3-8H,9H2,1-2H3;1H. The molecule has 1 aromatic heterocycles. The fourth-order valence-corrected chi connectivity index (χ4v) is 1.92. The van der Waals surface area contributed by atoms with Crippen LogP contribution in [0, 0.1) is 6.92 Å². The molecule has 102 valence electrons. The van der Waals surface area contributed by atoms with E-state index in [1.54, 1.807) is 0 Å². The van der Waals surface area contributed by atoms with Gasteiger partial charge >= 0.3 is 0 Å². The Labute approximate surface area is 127 Å². The number of hydrogen-bond donors (Lipinski definition) is 1. The van der Waals surface area contributed by atoms with E-state index >= 15 is 0 Å². The molecule has 0 aliphatic heterocycles. The van der Waals surface area contributed by atoms with E-state index in [0.29, 0.717) is 6.54 Å². The number of halogens is 2. The van der Waals surface area contributed by atoms with E-state index in [1.807, 2.05) is 59.8 Å². The lowest BCUT2D eigenvalue weighted by Crippen LogP contribution is -3.00. The van der Waals surface area contributed by atoms with Crippen molar-refractivity contribution >= 4 is 27.5 Å². The normalized spacial score (nSPS) is 9.84. The van der Waals surface area contributed by atoms with Crippen LogP contribution in [0.25, 0.3) is 0 Å². The van der Waals surface area contributed by atoms with Crippen molar-refractivity contribution < 1.29 is 21.8 Å². The summed E-state index contributed by atoms with van der Waals surface area (Å²) < 4.78 is 4.88. The Morgan fingerprint density at radius 1 is 1.37 bits per heavy atom. The number of imidazole rings is 1. The molecule has 0 saturated carbocycles. The van der Waals surface area contributed by atoms with Gasteiger partial charge in [-0.3, -0.25) is 4.79 Å². The molecule has 1 N–H and O–H groups in total. The van der Waals surface area contributed by atoms with Gasteiger partial charge in [0.25, 0.3) is 11.7 Å². The number of hydrogen-bond acceptors (Lipinski definition) is 1. The average Bonchev–Trinajstić information content (AvgIpc) is 2.64. The molecule has 0 radical (unpaired) electrons. The van der Waals surface area contributed by atoms with Crippen LogP contribution in [0.5, 0.6) is 0 Å². The molecule has 1 aromatic carbocycles. The molecule has 19 heavy (non-hydrogen) atoms. The zero-order chi connectivity index (χ0) is 13.1. The number of anilines is 1. The number of nitrogens with one attached hydrogen (secondary N) is 1. The Morgan fingerprint density at radius 2 is 2.00 bits per heavy atom. The molecule has 1 amide bonds. The maximum atomic E-state index is 11.9. The van der Waals surface area contributed by atoms with E-state index in [2.05, 4.69) is 21.2 Å². The van der Waals surface area contributed by atoms with Gasteiger partial charge in [0.1, 0.15) is 12.4 Å². The van der Waals surface area contributed by atoms with E-state index in [0.717, 1.165) is 16.0 Å². The maximum absolute atomic E-state index is 11.9. The second-order valence-electron chi connectivity index (χ2n) is 4.14. The van der Waals surface area contributed by atoms with Crippen molar-refractivity contribution in [3.05, 3.63) is 47.0 Å². The van der Waals surface area contributed by atoms with Crippen molar-refractivity contribution in [2.45, 2.75) is 13.5 Å². The van der Waals surface area contributed by atoms with Crippen LogP contribution in [0.2, 0.25) is 0 Å². The first-order valence-corrected chi connectivity index (χ1v) is 6.42. The number of amides is 1. The molecule has 0 atom stereocenters. The van der Waals surface area contributed by atoms with Crippen molar-refractivity contribution in [3.8, 4) is 0 Å². The predicted molar refractivity (Wildman–Crippen MR) is 73.1 cm³/mol. The van der Waals surface area contributed by atoms with Crippen molar-refractivity contribution in [2.75, 3.05) is 5.32 Å². The fraction of sp³-hybridized carbons (Fsp3) is 0.231. The van der Waals surface area contributed by atoms with Gasteiger partial charge in [0.15, 0.2) is 6.54 Å². The van der Waals surface area contributed by atoms with E-state index in [-0.39, 0.29) is 18.3 Å². The third-order valence-electron chi connectivity index (χ3n) is 2.84. The van der Waals surface area contributed by atoms with E-state index in [9.17, 15) is 4.79 Å².